The molecule has 0 radical (unpaired) electrons. The maximum atomic E-state index is 12.5. The predicted octanol–water partition coefficient (Wildman–Crippen LogP) is 2.99. The number of ether oxygens (including phenoxy) is 1. The molecule has 31 heavy (non-hydrogen) atoms. The van der Waals surface area contributed by atoms with Crippen LogP contribution in [0.5, 0.6) is 0 Å². The summed E-state index contributed by atoms with van der Waals surface area (Å²) < 4.78 is 4.97. The number of methoxy groups -OCH3 is 1. The number of nitrogens with one attached hydrogen (secondary N) is 1. The van der Waals surface area contributed by atoms with Crippen molar-refractivity contribution in [2.45, 2.75) is 57.1 Å². The number of hydrogen-bond acceptors (Lipinski definition) is 7. The Labute approximate surface area is 194 Å². The highest BCUT2D eigenvalue weighted by atomic mass is 35.5. The summed E-state index contributed by atoms with van der Waals surface area (Å²) in [4.78, 5) is 37.4. The molecule has 0 aromatic carbocycles. The van der Waals surface area contributed by atoms with Gasteiger partial charge >= 0.3 is 0 Å². The molecule has 8 nitrogen and oxygen atoms in total. The van der Waals surface area contributed by atoms with Crippen molar-refractivity contribution in [1.29, 1.82) is 0 Å². The van der Waals surface area contributed by atoms with E-state index in [1.54, 1.807) is 13.2 Å². The molecule has 1 aliphatic heterocycles. The van der Waals surface area contributed by atoms with Gasteiger partial charge in [0.25, 0.3) is 0 Å². The summed E-state index contributed by atoms with van der Waals surface area (Å²) in [6.45, 7) is 7.45. The van der Waals surface area contributed by atoms with Crippen LogP contribution in [0, 0.1) is 0 Å². The number of halogens is 1. The maximum absolute atomic E-state index is 12.5. The van der Waals surface area contributed by atoms with Crippen molar-refractivity contribution in [3.8, 4) is 0 Å². The third-order valence-electron chi connectivity index (χ3n) is 5.11. The quantitative estimate of drug-likeness (QED) is 0.217. The summed E-state index contributed by atoms with van der Waals surface area (Å²) in [5.41, 5.74) is 0. The third kappa shape index (κ3) is 8.82. The monoisotopic (exact) mass is 471 g/mol. The lowest BCUT2D eigenvalue weighted by Gasteiger charge is -2.40. The average Bonchev–Trinajstić information content (AvgIpc) is 2.75. The molecule has 0 aliphatic carbocycles. The van der Waals surface area contributed by atoms with Gasteiger partial charge in [-0.3, -0.25) is 9.59 Å². The predicted molar refractivity (Wildman–Crippen MR) is 125 cm³/mol. The van der Waals surface area contributed by atoms with Gasteiger partial charge in [0, 0.05) is 58.4 Å². The first-order chi connectivity index (χ1) is 14.9. The second kappa shape index (κ2) is 13.8. The van der Waals surface area contributed by atoms with Crippen molar-refractivity contribution < 1.29 is 14.3 Å². The lowest BCUT2D eigenvalue weighted by molar-refractivity contribution is -0.133. The van der Waals surface area contributed by atoms with E-state index < -0.39 is 0 Å². The van der Waals surface area contributed by atoms with Crippen LogP contribution in [-0.4, -0.2) is 78.4 Å². The molecule has 174 valence electrons. The van der Waals surface area contributed by atoms with Crippen LogP contribution in [0.25, 0.3) is 0 Å². The summed E-state index contributed by atoms with van der Waals surface area (Å²) in [5, 5.41) is 3.66. The zero-order chi connectivity index (χ0) is 22.6. The molecule has 1 aromatic heterocycles. The van der Waals surface area contributed by atoms with E-state index in [-0.39, 0.29) is 23.6 Å². The highest BCUT2D eigenvalue weighted by Crippen LogP contribution is 2.24. The molecule has 2 rings (SSSR count). The average molecular weight is 472 g/mol. The first-order valence-electron chi connectivity index (χ1n) is 10.9. The summed E-state index contributed by atoms with van der Waals surface area (Å²) in [7, 11) is 1.64. The van der Waals surface area contributed by atoms with Crippen molar-refractivity contribution in [2.75, 3.05) is 50.5 Å². The van der Waals surface area contributed by atoms with Crippen molar-refractivity contribution in [3.05, 3.63) is 11.2 Å². The number of aromatic nitrogens is 2. The Balaban J connectivity index is 1.89. The molecule has 1 unspecified atom stereocenters. The maximum Gasteiger partial charge on any atom is 0.230 e. The van der Waals surface area contributed by atoms with E-state index in [0.29, 0.717) is 49.5 Å². The number of unbranched alkanes of at least 4 members (excludes halogenated alkanes) is 2. The zero-order valence-electron chi connectivity index (χ0n) is 18.7. The van der Waals surface area contributed by atoms with E-state index in [4.69, 9.17) is 16.3 Å². The van der Waals surface area contributed by atoms with E-state index in [2.05, 4.69) is 34.0 Å². The van der Waals surface area contributed by atoms with Crippen LogP contribution in [0.3, 0.4) is 0 Å². The minimum Gasteiger partial charge on any atom is -0.385 e. The first kappa shape index (κ1) is 25.7. The minimum atomic E-state index is -0.0740. The van der Waals surface area contributed by atoms with Crippen LogP contribution in [-0.2, 0) is 14.3 Å². The number of amides is 2. The SMILES string of the molecule is CCCCCC(=O)N1CCN(c2cc(Cl)nc(SCC(=O)NCCCOC)n2)CC1C. The summed E-state index contributed by atoms with van der Waals surface area (Å²) >= 11 is 7.48. The molecule has 1 aromatic rings. The number of carbonyl (C=O) groups is 2. The largest absolute Gasteiger partial charge is 0.385 e. The van der Waals surface area contributed by atoms with E-state index in [9.17, 15) is 9.59 Å². The van der Waals surface area contributed by atoms with E-state index in [1.165, 1.54) is 11.8 Å². The van der Waals surface area contributed by atoms with Crippen LogP contribution in [0.15, 0.2) is 11.2 Å². The smallest absolute Gasteiger partial charge is 0.230 e. The molecule has 1 atom stereocenters. The Morgan fingerprint density at radius 3 is 2.81 bits per heavy atom. The van der Waals surface area contributed by atoms with E-state index >= 15 is 0 Å². The third-order valence-corrected chi connectivity index (χ3v) is 6.15. The number of hydrogen-bond donors (Lipinski definition) is 1. The number of carbonyl (C=O) groups excluding carboxylic acids is 2. The van der Waals surface area contributed by atoms with Gasteiger partial charge in [-0.1, -0.05) is 43.1 Å². The summed E-state index contributed by atoms with van der Waals surface area (Å²) in [5.74, 6) is 1.11. The van der Waals surface area contributed by atoms with Gasteiger partial charge in [0.15, 0.2) is 5.16 Å². The molecule has 0 bridgehead atoms. The molecule has 2 amide bonds. The van der Waals surface area contributed by atoms with Gasteiger partial charge in [0.05, 0.1) is 5.75 Å². The molecule has 10 heteroatoms. The van der Waals surface area contributed by atoms with Gasteiger partial charge in [0.1, 0.15) is 11.0 Å². The van der Waals surface area contributed by atoms with Crippen LogP contribution < -0.4 is 10.2 Å². The number of anilines is 1. The molecule has 1 fully saturated rings. The number of piperazine rings is 1. The van der Waals surface area contributed by atoms with Gasteiger partial charge in [-0.05, 0) is 19.8 Å². The Bertz CT molecular complexity index is 724. The fourth-order valence-electron chi connectivity index (χ4n) is 3.44. The minimum absolute atomic E-state index is 0.0740. The van der Waals surface area contributed by atoms with Crippen molar-refractivity contribution >= 4 is 41.0 Å². The highest BCUT2D eigenvalue weighted by molar-refractivity contribution is 7.99. The van der Waals surface area contributed by atoms with Crippen LogP contribution >= 0.6 is 23.4 Å². The number of nitrogens with zero attached hydrogens (tertiary/aromatic N) is 4. The lowest BCUT2D eigenvalue weighted by Crippen LogP contribution is -2.54. The molecule has 2 heterocycles. The summed E-state index contributed by atoms with van der Waals surface area (Å²) in [6, 6.07) is 1.84. The van der Waals surface area contributed by atoms with Crippen molar-refractivity contribution in [1.82, 2.24) is 20.2 Å². The molecular formula is C21H34ClN5O3S. The molecule has 0 spiro atoms. The Kier molecular flexibility index (Phi) is 11.4. The van der Waals surface area contributed by atoms with Gasteiger partial charge in [-0.25, -0.2) is 9.97 Å². The van der Waals surface area contributed by atoms with Crippen LogP contribution in [0.1, 0.15) is 46.0 Å². The van der Waals surface area contributed by atoms with Crippen LogP contribution in [0.2, 0.25) is 5.15 Å². The fourth-order valence-corrected chi connectivity index (χ4v) is 4.35. The Morgan fingerprint density at radius 2 is 2.10 bits per heavy atom. The first-order valence-corrected chi connectivity index (χ1v) is 12.3. The zero-order valence-corrected chi connectivity index (χ0v) is 20.3. The topological polar surface area (TPSA) is 87.7 Å². The lowest BCUT2D eigenvalue weighted by atomic mass is 10.1. The normalized spacial score (nSPS) is 16.5. The molecule has 1 aliphatic rings. The van der Waals surface area contributed by atoms with Gasteiger partial charge in [-0.2, -0.15) is 0 Å². The Hall–Kier alpha value is -1.58. The van der Waals surface area contributed by atoms with Crippen molar-refractivity contribution in [2.24, 2.45) is 0 Å². The molecule has 1 N–H and O–H groups in total. The van der Waals surface area contributed by atoms with Gasteiger partial charge < -0.3 is 19.9 Å². The van der Waals surface area contributed by atoms with Gasteiger partial charge in [0.2, 0.25) is 11.8 Å². The number of thioether (sulfide) groups is 1. The molecule has 1 saturated heterocycles. The second-order valence-corrected chi connectivity index (χ2v) is 8.99. The van der Waals surface area contributed by atoms with Gasteiger partial charge in [-0.15, -0.1) is 0 Å². The summed E-state index contributed by atoms with van der Waals surface area (Å²) in [6.07, 6.45) is 4.54. The molecule has 0 saturated carbocycles. The fraction of sp³-hybridized carbons (Fsp3) is 0.714. The van der Waals surface area contributed by atoms with E-state index in [0.717, 1.165) is 31.5 Å². The Morgan fingerprint density at radius 1 is 1.29 bits per heavy atom. The second-order valence-electron chi connectivity index (χ2n) is 7.66. The van der Waals surface area contributed by atoms with Crippen molar-refractivity contribution in [3.63, 3.8) is 0 Å². The molecular weight excluding hydrogens is 438 g/mol. The number of rotatable bonds is 12. The van der Waals surface area contributed by atoms with Crippen LogP contribution in [0.4, 0.5) is 5.82 Å². The van der Waals surface area contributed by atoms with E-state index in [1.807, 2.05) is 4.90 Å². The highest BCUT2D eigenvalue weighted by Gasteiger charge is 2.28. The standard InChI is InChI=1S/C21H34ClN5O3S/c1-4-5-6-8-20(29)27-11-10-26(14-16(27)2)18-13-17(22)24-21(25-18)31-15-19(28)23-9-7-12-30-3/h13,16H,4-12,14-15H2,1-3H3,(H,23,28).